The number of benzene rings is 1. The second-order valence-corrected chi connectivity index (χ2v) is 8.46. The topological polar surface area (TPSA) is 79.7 Å². The second kappa shape index (κ2) is 7.89. The van der Waals surface area contributed by atoms with Crippen LogP contribution in [-0.4, -0.2) is 42.0 Å². The molecule has 0 radical (unpaired) electrons. The maximum atomic E-state index is 12.4. The third-order valence-electron chi connectivity index (χ3n) is 3.73. The molecule has 0 fully saturated rings. The quantitative estimate of drug-likeness (QED) is 0.656. The molecule has 1 atom stereocenters. The van der Waals surface area contributed by atoms with Crippen LogP contribution < -0.4 is 14.9 Å². The van der Waals surface area contributed by atoms with Crippen LogP contribution in [0, 0.1) is 0 Å². The van der Waals surface area contributed by atoms with Gasteiger partial charge >= 0.3 is 0 Å². The number of hydrogen-bond donors (Lipinski definition) is 3. The highest BCUT2D eigenvalue weighted by atomic mass is 32.2. The highest BCUT2D eigenvalue weighted by Crippen LogP contribution is 2.16. The van der Waals surface area contributed by atoms with E-state index in [4.69, 9.17) is 0 Å². The normalized spacial score (nSPS) is 13.0. The van der Waals surface area contributed by atoms with Gasteiger partial charge in [0, 0.05) is 5.56 Å². The minimum Gasteiger partial charge on any atom is -0.346 e. The molecule has 0 saturated carbocycles. The molecule has 3 N–H and O–H groups in total. The number of likely N-dealkylation sites (N-methyl/N-ethyl adjacent to an activating group) is 1. The molecule has 1 heterocycles. The Morgan fingerprint density at radius 1 is 1.25 bits per heavy atom. The zero-order chi connectivity index (χ0) is 17.7. The van der Waals surface area contributed by atoms with E-state index < -0.39 is 10.0 Å². The molecule has 24 heavy (non-hydrogen) atoms. The van der Waals surface area contributed by atoms with E-state index in [9.17, 15) is 13.2 Å². The fraction of sp³-hybridized carbons (Fsp3) is 0.312. The van der Waals surface area contributed by atoms with Crippen molar-refractivity contribution in [1.82, 2.24) is 10.0 Å². The number of carbonyl (C=O) groups is 1. The molecule has 2 rings (SSSR count). The van der Waals surface area contributed by atoms with Gasteiger partial charge in [-0.1, -0.05) is 12.1 Å². The molecule has 2 aromatic rings. The number of nitrogens with one attached hydrogen (secondary N) is 3. The summed E-state index contributed by atoms with van der Waals surface area (Å²) in [4.78, 5) is 14.9. The Morgan fingerprint density at radius 2 is 2.00 bits per heavy atom. The SMILES string of the molecule is CNS(=O)(=O)c1cccc(C(=O)NC[C@@H](c2cccs2)[NH+](C)C)c1. The molecule has 0 aliphatic carbocycles. The Morgan fingerprint density at radius 3 is 2.58 bits per heavy atom. The Labute approximate surface area is 146 Å². The van der Waals surface area contributed by atoms with Crippen LogP contribution in [0.2, 0.25) is 0 Å². The maximum Gasteiger partial charge on any atom is 0.251 e. The zero-order valence-corrected chi connectivity index (χ0v) is 15.5. The van der Waals surface area contributed by atoms with Gasteiger partial charge in [0.2, 0.25) is 10.0 Å². The van der Waals surface area contributed by atoms with Crippen LogP contribution in [0.3, 0.4) is 0 Å². The summed E-state index contributed by atoms with van der Waals surface area (Å²) in [7, 11) is 1.85. The van der Waals surface area contributed by atoms with Gasteiger partial charge in [0.05, 0.1) is 30.4 Å². The Kier molecular flexibility index (Phi) is 6.11. The number of quaternary nitrogens is 1. The summed E-state index contributed by atoms with van der Waals surface area (Å²) in [6.07, 6.45) is 0. The molecule has 0 bridgehead atoms. The van der Waals surface area contributed by atoms with Crippen molar-refractivity contribution in [2.24, 2.45) is 0 Å². The van der Waals surface area contributed by atoms with Gasteiger partial charge in [-0.2, -0.15) is 0 Å². The third-order valence-corrected chi connectivity index (χ3v) is 6.12. The van der Waals surface area contributed by atoms with Crippen molar-refractivity contribution < 1.29 is 18.1 Å². The number of hydrogen-bond acceptors (Lipinski definition) is 4. The molecule has 6 nitrogen and oxygen atoms in total. The smallest absolute Gasteiger partial charge is 0.251 e. The van der Waals surface area contributed by atoms with Crippen molar-refractivity contribution in [3.63, 3.8) is 0 Å². The zero-order valence-electron chi connectivity index (χ0n) is 13.9. The number of thiophene rings is 1. The fourth-order valence-corrected chi connectivity index (χ4v) is 4.03. The van der Waals surface area contributed by atoms with Gasteiger partial charge in [0.1, 0.15) is 6.04 Å². The summed E-state index contributed by atoms with van der Waals surface area (Å²) in [5, 5.41) is 4.91. The lowest BCUT2D eigenvalue weighted by molar-refractivity contribution is -0.890. The minimum absolute atomic E-state index is 0.0747. The summed E-state index contributed by atoms with van der Waals surface area (Å²) in [5.41, 5.74) is 0.324. The van der Waals surface area contributed by atoms with E-state index in [1.807, 2.05) is 25.5 Å². The van der Waals surface area contributed by atoms with Crippen LogP contribution in [0.5, 0.6) is 0 Å². The van der Waals surface area contributed by atoms with Gasteiger partial charge in [0.25, 0.3) is 5.91 Å². The van der Waals surface area contributed by atoms with Crippen molar-refractivity contribution in [2.45, 2.75) is 10.9 Å². The third kappa shape index (κ3) is 4.41. The predicted molar refractivity (Wildman–Crippen MR) is 94.9 cm³/mol. The number of sulfonamides is 1. The monoisotopic (exact) mass is 368 g/mol. The molecule has 1 aromatic heterocycles. The molecule has 0 aliphatic rings. The summed E-state index contributed by atoms with van der Waals surface area (Å²) in [5.74, 6) is -0.286. The van der Waals surface area contributed by atoms with Crippen molar-refractivity contribution in [3.8, 4) is 0 Å². The van der Waals surface area contributed by atoms with Crippen LogP contribution in [0.1, 0.15) is 21.3 Å². The first kappa shape index (κ1) is 18.6. The first-order valence-corrected chi connectivity index (χ1v) is 9.86. The van der Waals surface area contributed by atoms with Crippen molar-refractivity contribution >= 4 is 27.3 Å². The van der Waals surface area contributed by atoms with Gasteiger partial charge in [-0.05, 0) is 36.7 Å². The highest BCUT2D eigenvalue weighted by molar-refractivity contribution is 7.89. The first-order valence-electron chi connectivity index (χ1n) is 7.50. The minimum atomic E-state index is -3.57. The van der Waals surface area contributed by atoms with Gasteiger partial charge in [-0.3, -0.25) is 4.79 Å². The number of rotatable bonds is 7. The van der Waals surface area contributed by atoms with Crippen molar-refractivity contribution in [2.75, 3.05) is 27.7 Å². The van der Waals surface area contributed by atoms with Crippen LogP contribution in [0.4, 0.5) is 0 Å². The summed E-state index contributed by atoms with van der Waals surface area (Å²) in [6, 6.07) is 10.2. The Bertz CT molecular complexity index is 787. The van der Waals surface area contributed by atoms with Crippen LogP contribution in [-0.2, 0) is 10.0 Å². The number of carbonyl (C=O) groups excluding carboxylic acids is 1. The number of amides is 1. The van der Waals surface area contributed by atoms with Crippen molar-refractivity contribution in [1.29, 1.82) is 0 Å². The van der Waals surface area contributed by atoms with Gasteiger partial charge in [-0.15, -0.1) is 11.3 Å². The van der Waals surface area contributed by atoms with E-state index >= 15 is 0 Å². The molecular formula is C16H22N3O3S2+. The Hall–Kier alpha value is -1.74. The standard InChI is InChI=1S/C16H21N3O3S2/c1-17-24(21,22)13-7-4-6-12(10-13)16(20)18-11-14(19(2)3)15-8-5-9-23-15/h4-10,14,17H,11H2,1-3H3,(H,18,20)/p+1/t14-/m0/s1. The predicted octanol–water partition coefficient (Wildman–Crippen LogP) is 0.272. The van der Waals surface area contributed by atoms with E-state index in [2.05, 4.69) is 16.1 Å². The average molecular weight is 369 g/mol. The van der Waals surface area contributed by atoms with E-state index in [1.165, 1.54) is 29.0 Å². The molecule has 0 saturated heterocycles. The van der Waals surface area contributed by atoms with E-state index in [-0.39, 0.29) is 16.8 Å². The van der Waals surface area contributed by atoms with Gasteiger partial charge < -0.3 is 10.2 Å². The summed E-state index contributed by atoms with van der Waals surface area (Å²) < 4.78 is 25.9. The van der Waals surface area contributed by atoms with Crippen molar-refractivity contribution in [3.05, 3.63) is 52.2 Å². The highest BCUT2D eigenvalue weighted by Gasteiger charge is 2.20. The average Bonchev–Trinajstić information content (AvgIpc) is 3.09. The van der Waals surface area contributed by atoms with Gasteiger partial charge in [0.15, 0.2) is 0 Å². The molecule has 0 aliphatic heterocycles. The fourth-order valence-electron chi connectivity index (χ4n) is 2.30. The van der Waals surface area contributed by atoms with E-state index in [1.54, 1.807) is 23.5 Å². The van der Waals surface area contributed by atoms with Crippen LogP contribution >= 0.6 is 11.3 Å². The molecular weight excluding hydrogens is 346 g/mol. The molecule has 8 heteroatoms. The lowest BCUT2D eigenvalue weighted by Gasteiger charge is -2.20. The summed E-state index contributed by atoms with van der Waals surface area (Å²) >= 11 is 1.66. The van der Waals surface area contributed by atoms with E-state index in [0.717, 1.165) is 0 Å². The first-order chi connectivity index (χ1) is 11.3. The van der Waals surface area contributed by atoms with E-state index in [0.29, 0.717) is 12.1 Å². The molecule has 1 aromatic carbocycles. The largest absolute Gasteiger partial charge is 0.346 e. The molecule has 0 unspecified atom stereocenters. The maximum absolute atomic E-state index is 12.4. The summed E-state index contributed by atoms with van der Waals surface area (Å²) in [6.45, 7) is 0.477. The van der Waals surface area contributed by atoms with Crippen LogP contribution in [0.15, 0.2) is 46.7 Å². The molecule has 1 amide bonds. The van der Waals surface area contributed by atoms with Gasteiger partial charge in [-0.25, -0.2) is 13.1 Å². The Balaban J connectivity index is 2.11. The molecule has 130 valence electrons. The molecule has 0 spiro atoms. The van der Waals surface area contributed by atoms with Crippen LogP contribution in [0.25, 0.3) is 0 Å². The lowest BCUT2D eigenvalue weighted by Crippen LogP contribution is -3.06. The second-order valence-electron chi connectivity index (χ2n) is 5.59. The lowest BCUT2D eigenvalue weighted by atomic mass is 10.2.